The monoisotopic (exact) mass is 342 g/mol. The van der Waals surface area contributed by atoms with Gasteiger partial charge in [0.25, 0.3) is 0 Å². The van der Waals surface area contributed by atoms with E-state index in [-0.39, 0.29) is 11.3 Å². The van der Waals surface area contributed by atoms with E-state index in [0.717, 1.165) is 47.9 Å². The quantitative estimate of drug-likeness (QED) is 0.896. The van der Waals surface area contributed by atoms with Crippen LogP contribution in [0.15, 0.2) is 30.3 Å². The van der Waals surface area contributed by atoms with Crippen LogP contribution in [0, 0.1) is 11.3 Å². The number of aromatic nitrogens is 2. The molecule has 1 aliphatic carbocycles. The van der Waals surface area contributed by atoms with Crippen LogP contribution in [-0.2, 0) is 11.3 Å². The Morgan fingerprint density at radius 1 is 1.29 bits per heavy atom. The van der Waals surface area contributed by atoms with Crippen molar-refractivity contribution < 1.29 is 4.79 Å². The molecule has 2 atom stereocenters. The van der Waals surface area contributed by atoms with Crippen molar-refractivity contribution in [2.24, 2.45) is 11.3 Å². The highest BCUT2D eigenvalue weighted by Gasteiger charge is 2.49. The van der Waals surface area contributed by atoms with Crippen LogP contribution in [0.4, 0.5) is 0 Å². The third kappa shape index (κ3) is 2.84. The first-order valence-corrected chi connectivity index (χ1v) is 9.46. The number of fused-ring (bicyclic) bond motifs is 1. The van der Waals surface area contributed by atoms with Crippen LogP contribution in [0.3, 0.4) is 0 Å². The normalized spacial score (nSPS) is 26.1. The first-order valence-electron chi connectivity index (χ1n) is 8.65. The summed E-state index contributed by atoms with van der Waals surface area (Å²) >= 11 is 1.54. The van der Waals surface area contributed by atoms with Gasteiger partial charge in [-0.25, -0.2) is 0 Å². The average molecular weight is 342 g/mol. The number of hydrogen-bond donors (Lipinski definition) is 2. The molecule has 2 N–H and O–H groups in total. The maximum atomic E-state index is 12.9. The first kappa shape index (κ1) is 15.7. The average Bonchev–Trinajstić information content (AvgIpc) is 3.28. The Morgan fingerprint density at radius 2 is 2.17 bits per heavy atom. The molecule has 1 aromatic carbocycles. The molecule has 2 fully saturated rings. The number of hydrogen-bond acceptors (Lipinski definition) is 5. The van der Waals surface area contributed by atoms with Crippen LogP contribution >= 0.6 is 11.3 Å². The minimum Gasteiger partial charge on any atom is -0.349 e. The van der Waals surface area contributed by atoms with E-state index in [0.29, 0.717) is 12.5 Å². The molecule has 24 heavy (non-hydrogen) atoms. The predicted molar refractivity (Wildman–Crippen MR) is 94.5 cm³/mol. The van der Waals surface area contributed by atoms with E-state index in [4.69, 9.17) is 0 Å². The SMILES string of the molecule is O=C(NCc1nnc(-c2ccccc2)s1)[C@@]12CCCC[C@H]1CNC2. The third-order valence-electron chi connectivity index (χ3n) is 5.38. The second-order valence-electron chi connectivity index (χ2n) is 6.78. The second-order valence-corrected chi connectivity index (χ2v) is 7.84. The van der Waals surface area contributed by atoms with Crippen LogP contribution < -0.4 is 10.6 Å². The summed E-state index contributed by atoms with van der Waals surface area (Å²) in [5.74, 6) is 0.675. The molecular formula is C18H22N4OS. The van der Waals surface area contributed by atoms with Crippen LogP contribution in [0.25, 0.3) is 10.6 Å². The Hall–Kier alpha value is -1.79. The highest BCUT2D eigenvalue weighted by Crippen LogP contribution is 2.43. The number of amides is 1. The van der Waals surface area contributed by atoms with Gasteiger partial charge in [-0.2, -0.15) is 0 Å². The maximum absolute atomic E-state index is 12.9. The fraction of sp³-hybridized carbons (Fsp3) is 0.500. The minimum absolute atomic E-state index is 0.189. The van der Waals surface area contributed by atoms with Gasteiger partial charge >= 0.3 is 0 Å². The Bertz CT molecular complexity index is 717. The van der Waals surface area contributed by atoms with Gasteiger partial charge < -0.3 is 10.6 Å². The van der Waals surface area contributed by atoms with E-state index >= 15 is 0 Å². The summed E-state index contributed by atoms with van der Waals surface area (Å²) in [6.07, 6.45) is 4.57. The molecule has 1 aromatic heterocycles. The number of benzene rings is 1. The van der Waals surface area contributed by atoms with Gasteiger partial charge in [0.05, 0.1) is 12.0 Å². The summed E-state index contributed by atoms with van der Waals surface area (Å²) in [4.78, 5) is 12.9. The molecule has 0 bridgehead atoms. The zero-order valence-electron chi connectivity index (χ0n) is 13.6. The third-order valence-corrected chi connectivity index (χ3v) is 6.35. The Balaban J connectivity index is 1.42. The molecule has 1 aliphatic heterocycles. The minimum atomic E-state index is -0.203. The van der Waals surface area contributed by atoms with Crippen molar-refractivity contribution in [3.8, 4) is 10.6 Å². The molecule has 2 aliphatic rings. The summed E-state index contributed by atoms with van der Waals surface area (Å²) < 4.78 is 0. The zero-order valence-corrected chi connectivity index (χ0v) is 14.4. The molecule has 0 radical (unpaired) electrons. The lowest BCUT2D eigenvalue weighted by Crippen LogP contribution is -2.47. The zero-order chi connectivity index (χ0) is 16.4. The smallest absolute Gasteiger partial charge is 0.228 e. The van der Waals surface area contributed by atoms with E-state index in [1.165, 1.54) is 6.42 Å². The fourth-order valence-electron chi connectivity index (χ4n) is 4.04. The summed E-state index contributed by atoms with van der Waals surface area (Å²) in [6, 6.07) is 10.0. The lowest BCUT2D eigenvalue weighted by molar-refractivity contribution is -0.134. The molecule has 2 heterocycles. The van der Waals surface area contributed by atoms with Crippen LogP contribution in [0.2, 0.25) is 0 Å². The number of nitrogens with one attached hydrogen (secondary N) is 2. The predicted octanol–water partition coefficient (Wildman–Crippen LogP) is 2.60. The second kappa shape index (κ2) is 6.61. The van der Waals surface area contributed by atoms with Crippen LogP contribution in [-0.4, -0.2) is 29.2 Å². The maximum Gasteiger partial charge on any atom is 0.228 e. The van der Waals surface area contributed by atoms with Gasteiger partial charge in [0, 0.05) is 12.1 Å². The van der Waals surface area contributed by atoms with Gasteiger partial charge in [-0.1, -0.05) is 54.5 Å². The Kier molecular flexibility index (Phi) is 4.33. The van der Waals surface area contributed by atoms with Crippen molar-refractivity contribution in [2.75, 3.05) is 13.1 Å². The summed E-state index contributed by atoms with van der Waals surface area (Å²) in [5, 5.41) is 16.8. The van der Waals surface area contributed by atoms with Gasteiger partial charge in [-0.05, 0) is 25.3 Å². The number of carbonyl (C=O) groups is 1. The summed E-state index contributed by atoms with van der Waals surface area (Å²) in [7, 11) is 0. The van der Waals surface area contributed by atoms with E-state index < -0.39 is 0 Å². The molecule has 2 aromatic rings. The lowest BCUT2D eigenvalue weighted by Gasteiger charge is -2.37. The van der Waals surface area contributed by atoms with Crippen molar-refractivity contribution in [1.82, 2.24) is 20.8 Å². The topological polar surface area (TPSA) is 66.9 Å². The number of rotatable bonds is 4. The van der Waals surface area contributed by atoms with Gasteiger partial charge in [-0.3, -0.25) is 4.79 Å². The lowest BCUT2D eigenvalue weighted by atomic mass is 9.67. The van der Waals surface area contributed by atoms with Crippen molar-refractivity contribution >= 4 is 17.2 Å². The van der Waals surface area contributed by atoms with E-state index in [2.05, 4.69) is 20.8 Å². The molecular weight excluding hydrogens is 320 g/mol. The highest BCUT2D eigenvalue weighted by molar-refractivity contribution is 7.14. The summed E-state index contributed by atoms with van der Waals surface area (Å²) in [6.45, 7) is 2.26. The Morgan fingerprint density at radius 3 is 3.04 bits per heavy atom. The molecule has 0 unspecified atom stereocenters. The number of carbonyl (C=O) groups excluding carboxylic acids is 1. The van der Waals surface area contributed by atoms with E-state index in [9.17, 15) is 4.79 Å². The van der Waals surface area contributed by atoms with Gasteiger partial charge in [0.1, 0.15) is 10.0 Å². The first-order chi connectivity index (χ1) is 11.8. The number of nitrogens with zero attached hydrogens (tertiary/aromatic N) is 2. The molecule has 1 amide bonds. The molecule has 6 heteroatoms. The standard InChI is InChI=1S/C18H22N4OS/c23-17(18-9-5-4-8-14(18)10-19-12-18)20-11-15-21-22-16(24-15)13-6-2-1-3-7-13/h1-3,6-7,14,19H,4-5,8-12H2,(H,20,23)/t14-,18+/m0/s1. The summed E-state index contributed by atoms with van der Waals surface area (Å²) in [5.41, 5.74) is 0.865. The fourth-order valence-corrected chi connectivity index (χ4v) is 4.83. The van der Waals surface area contributed by atoms with Gasteiger partial charge in [0.15, 0.2) is 0 Å². The van der Waals surface area contributed by atoms with Gasteiger partial charge in [0.2, 0.25) is 5.91 Å². The molecule has 5 nitrogen and oxygen atoms in total. The molecule has 0 spiro atoms. The highest BCUT2D eigenvalue weighted by atomic mass is 32.1. The van der Waals surface area contributed by atoms with Crippen LogP contribution in [0.5, 0.6) is 0 Å². The Labute approximate surface area is 145 Å². The van der Waals surface area contributed by atoms with Crippen molar-refractivity contribution in [1.29, 1.82) is 0 Å². The molecule has 1 saturated carbocycles. The van der Waals surface area contributed by atoms with Crippen molar-refractivity contribution in [3.05, 3.63) is 35.3 Å². The van der Waals surface area contributed by atoms with E-state index in [1.807, 2.05) is 30.3 Å². The van der Waals surface area contributed by atoms with E-state index in [1.54, 1.807) is 11.3 Å². The largest absolute Gasteiger partial charge is 0.349 e. The molecule has 126 valence electrons. The van der Waals surface area contributed by atoms with Crippen molar-refractivity contribution in [2.45, 2.75) is 32.2 Å². The van der Waals surface area contributed by atoms with Gasteiger partial charge in [-0.15, -0.1) is 10.2 Å². The molecule has 1 saturated heterocycles. The van der Waals surface area contributed by atoms with Crippen molar-refractivity contribution in [3.63, 3.8) is 0 Å². The van der Waals surface area contributed by atoms with Crippen LogP contribution in [0.1, 0.15) is 30.7 Å². The molecule has 4 rings (SSSR count).